The van der Waals surface area contributed by atoms with Gasteiger partial charge in [0.1, 0.15) is 11.6 Å². The second kappa shape index (κ2) is 10.0. The van der Waals surface area contributed by atoms with Gasteiger partial charge in [0.2, 0.25) is 16.0 Å². The number of benzene rings is 1. The van der Waals surface area contributed by atoms with Gasteiger partial charge in [-0.1, -0.05) is 12.2 Å². The zero-order chi connectivity index (χ0) is 23.5. The van der Waals surface area contributed by atoms with Gasteiger partial charge in [0.25, 0.3) is 0 Å². The van der Waals surface area contributed by atoms with E-state index in [-0.39, 0.29) is 51.3 Å². The number of nitrogens with one attached hydrogen (secondary N) is 2. The quantitative estimate of drug-likeness (QED) is 0.386. The number of methoxy groups -OCH3 is 1. The Morgan fingerprint density at radius 1 is 1.25 bits per heavy atom. The number of nitrogens with two attached hydrogens (primary N) is 1. The molecule has 0 bridgehead atoms. The van der Waals surface area contributed by atoms with Gasteiger partial charge in [-0.15, -0.1) is 0 Å². The number of hydrogen-bond acceptors (Lipinski definition) is 8. The maximum absolute atomic E-state index is 14.4. The molecule has 0 spiro atoms. The zero-order valence-corrected chi connectivity index (χ0v) is 19.3. The normalized spacial score (nSPS) is 18.9. The maximum atomic E-state index is 14.4. The highest BCUT2D eigenvalue weighted by Gasteiger charge is 2.25. The van der Waals surface area contributed by atoms with Crippen LogP contribution >= 0.6 is 12.2 Å². The molecule has 1 heterocycles. The van der Waals surface area contributed by atoms with E-state index in [1.54, 1.807) is 6.92 Å². The number of sulfonamides is 1. The Morgan fingerprint density at radius 3 is 2.50 bits per heavy atom. The van der Waals surface area contributed by atoms with Crippen molar-refractivity contribution in [1.82, 2.24) is 14.7 Å². The molecule has 1 aromatic heterocycles. The number of hydrogen-bond donors (Lipinski definition) is 3. The van der Waals surface area contributed by atoms with Crippen LogP contribution in [0.5, 0.6) is 5.75 Å². The van der Waals surface area contributed by atoms with Crippen LogP contribution in [0.1, 0.15) is 43.7 Å². The number of anilines is 2. The zero-order valence-electron chi connectivity index (χ0n) is 17.7. The van der Waals surface area contributed by atoms with Gasteiger partial charge in [0.05, 0.1) is 28.9 Å². The van der Waals surface area contributed by atoms with Crippen molar-refractivity contribution in [2.24, 2.45) is 0 Å². The van der Waals surface area contributed by atoms with E-state index < -0.39 is 21.7 Å². The van der Waals surface area contributed by atoms with Crippen molar-refractivity contribution in [2.45, 2.75) is 44.7 Å². The molecule has 0 atom stereocenters. The van der Waals surface area contributed by atoms with Crippen LogP contribution in [0.25, 0.3) is 0 Å². The van der Waals surface area contributed by atoms with E-state index in [1.807, 2.05) is 0 Å². The topological polar surface area (TPSA) is 119 Å². The van der Waals surface area contributed by atoms with E-state index in [1.165, 1.54) is 19.4 Å². The Kier molecular flexibility index (Phi) is 7.57. The van der Waals surface area contributed by atoms with Gasteiger partial charge in [-0.3, -0.25) is 0 Å². The number of nitrogen functional groups attached to an aromatic ring is 1. The minimum atomic E-state index is -3.23. The molecule has 0 radical (unpaired) electrons. The fourth-order valence-electron chi connectivity index (χ4n) is 3.56. The molecule has 0 saturated heterocycles. The lowest BCUT2D eigenvalue weighted by Gasteiger charge is -2.29. The number of nitrogens with zero attached hydrogens (tertiary/aromatic N) is 2. The van der Waals surface area contributed by atoms with Crippen molar-refractivity contribution in [3.63, 3.8) is 0 Å². The molecular weight excluding hydrogens is 460 g/mol. The summed E-state index contributed by atoms with van der Waals surface area (Å²) in [7, 11) is -1.90. The van der Waals surface area contributed by atoms with Gasteiger partial charge >= 0.3 is 0 Å². The summed E-state index contributed by atoms with van der Waals surface area (Å²) in [6, 6.07) is 2.20. The Labute approximate surface area is 191 Å². The van der Waals surface area contributed by atoms with Crippen LogP contribution in [0, 0.1) is 11.6 Å². The second-order valence-corrected chi connectivity index (χ2v) is 9.93. The third-order valence-electron chi connectivity index (χ3n) is 5.35. The minimum absolute atomic E-state index is 0.0163. The Balaban J connectivity index is 1.69. The van der Waals surface area contributed by atoms with Gasteiger partial charge < -0.3 is 15.8 Å². The molecule has 2 aromatic rings. The first kappa shape index (κ1) is 24.2. The third-order valence-corrected chi connectivity index (χ3v) is 7.23. The van der Waals surface area contributed by atoms with E-state index in [2.05, 4.69) is 20.0 Å². The molecule has 0 unspecified atom stereocenters. The fraction of sp³-hybridized carbons (Fsp3) is 0.450. The predicted molar refractivity (Wildman–Crippen MR) is 122 cm³/mol. The summed E-state index contributed by atoms with van der Waals surface area (Å²) < 4.78 is 59.4. The van der Waals surface area contributed by atoms with Crippen LogP contribution < -0.4 is 20.5 Å². The molecule has 12 heteroatoms. The first-order chi connectivity index (χ1) is 15.1. The maximum Gasteiger partial charge on any atom is 0.224 e. The molecule has 1 aromatic carbocycles. The van der Waals surface area contributed by atoms with Gasteiger partial charge in [-0.05, 0) is 44.7 Å². The summed E-state index contributed by atoms with van der Waals surface area (Å²) in [5.41, 5.74) is 6.01. The molecule has 3 rings (SSSR count). The number of ether oxygens (including phenoxy) is 1. The molecule has 32 heavy (non-hydrogen) atoms. The molecule has 0 aliphatic heterocycles. The lowest BCUT2D eigenvalue weighted by molar-refractivity contribution is 0.386. The summed E-state index contributed by atoms with van der Waals surface area (Å²) in [4.78, 5) is 8.37. The standard InChI is InChI=1S/C20H25F2N5O3S2/c1-3-32(28,29)27-12-6-4-11(5-7-12)25-20-24-10-13(19(23)26-20)18(31)16-15(30-2)9-8-14(21)17(16)22/h8-12,27H,3-7H2,1-2H3,(H3,23,24,25,26). The Hall–Kier alpha value is -2.44. The summed E-state index contributed by atoms with van der Waals surface area (Å²) in [5, 5.41) is 3.19. The van der Waals surface area contributed by atoms with Gasteiger partial charge in [-0.25, -0.2) is 26.9 Å². The van der Waals surface area contributed by atoms with Crippen molar-refractivity contribution >= 4 is 38.9 Å². The van der Waals surface area contributed by atoms with E-state index in [9.17, 15) is 17.2 Å². The van der Waals surface area contributed by atoms with Crippen LogP contribution in [-0.4, -0.2) is 48.2 Å². The lowest BCUT2D eigenvalue weighted by Crippen LogP contribution is -2.40. The van der Waals surface area contributed by atoms with Gasteiger partial charge in [-0.2, -0.15) is 4.98 Å². The predicted octanol–water partition coefficient (Wildman–Crippen LogP) is 2.77. The number of thiocarbonyl (C=S) groups is 1. The van der Waals surface area contributed by atoms with Crippen LogP contribution in [0.3, 0.4) is 0 Å². The van der Waals surface area contributed by atoms with Gasteiger partial charge in [0.15, 0.2) is 11.6 Å². The SMILES string of the molecule is CCS(=O)(=O)NC1CCC(Nc2ncc(C(=S)c3c(OC)ccc(F)c3F)c(N)n2)CC1. The highest BCUT2D eigenvalue weighted by molar-refractivity contribution is 7.89. The molecule has 174 valence electrons. The summed E-state index contributed by atoms with van der Waals surface area (Å²) in [5.74, 6) is -1.77. The average molecular weight is 486 g/mol. The smallest absolute Gasteiger partial charge is 0.224 e. The van der Waals surface area contributed by atoms with Crippen LogP contribution in [-0.2, 0) is 10.0 Å². The first-order valence-corrected chi connectivity index (χ1v) is 12.2. The highest BCUT2D eigenvalue weighted by Crippen LogP contribution is 2.29. The van der Waals surface area contributed by atoms with Crippen molar-refractivity contribution in [2.75, 3.05) is 23.9 Å². The molecule has 4 N–H and O–H groups in total. The Bertz CT molecular complexity index is 1110. The van der Waals surface area contributed by atoms with Crippen LogP contribution in [0.15, 0.2) is 18.3 Å². The van der Waals surface area contributed by atoms with E-state index in [0.717, 1.165) is 18.9 Å². The molecule has 1 aliphatic rings. The second-order valence-electron chi connectivity index (χ2n) is 7.47. The van der Waals surface area contributed by atoms with Crippen molar-refractivity contribution < 1.29 is 21.9 Å². The molecule has 1 aliphatic carbocycles. The number of halogens is 2. The molecule has 1 saturated carbocycles. The molecule has 1 fully saturated rings. The van der Waals surface area contributed by atoms with Gasteiger partial charge in [0, 0.05) is 18.3 Å². The Morgan fingerprint density at radius 2 is 1.91 bits per heavy atom. The van der Waals surface area contributed by atoms with Crippen molar-refractivity contribution in [1.29, 1.82) is 0 Å². The molecule has 0 amide bonds. The van der Waals surface area contributed by atoms with Crippen LogP contribution in [0.4, 0.5) is 20.5 Å². The first-order valence-electron chi connectivity index (χ1n) is 10.1. The highest BCUT2D eigenvalue weighted by atomic mass is 32.2. The molecular formula is C20H25F2N5O3S2. The monoisotopic (exact) mass is 485 g/mol. The summed E-state index contributed by atoms with van der Waals surface area (Å²) in [6.07, 6.45) is 4.19. The fourth-order valence-corrected chi connectivity index (χ4v) is 4.82. The number of aromatic nitrogens is 2. The third kappa shape index (κ3) is 5.48. The molecule has 8 nitrogen and oxygen atoms in total. The largest absolute Gasteiger partial charge is 0.496 e. The van der Waals surface area contributed by atoms with Crippen molar-refractivity contribution in [3.8, 4) is 5.75 Å². The minimum Gasteiger partial charge on any atom is -0.496 e. The van der Waals surface area contributed by atoms with Crippen LogP contribution in [0.2, 0.25) is 0 Å². The van der Waals surface area contributed by atoms with E-state index >= 15 is 0 Å². The summed E-state index contributed by atoms with van der Waals surface area (Å²) >= 11 is 5.32. The van der Waals surface area contributed by atoms with E-state index in [0.29, 0.717) is 12.8 Å². The average Bonchev–Trinajstić information content (AvgIpc) is 2.76. The summed E-state index contributed by atoms with van der Waals surface area (Å²) in [6.45, 7) is 1.60. The van der Waals surface area contributed by atoms with E-state index in [4.69, 9.17) is 22.7 Å². The lowest BCUT2D eigenvalue weighted by atomic mass is 9.92. The van der Waals surface area contributed by atoms with Crippen molar-refractivity contribution in [3.05, 3.63) is 41.1 Å². The number of rotatable bonds is 8.